The van der Waals surface area contributed by atoms with Gasteiger partial charge >= 0.3 is 0 Å². The third-order valence-electron chi connectivity index (χ3n) is 12.3. The van der Waals surface area contributed by atoms with Crippen LogP contribution in [0.4, 0.5) is 11.4 Å². The van der Waals surface area contributed by atoms with Gasteiger partial charge < -0.3 is 41.9 Å². The minimum absolute atomic E-state index is 0.0317. The van der Waals surface area contributed by atoms with Crippen LogP contribution in [-0.2, 0) is 36.9 Å². The summed E-state index contributed by atoms with van der Waals surface area (Å²) in [5, 5.41) is 21.7. The Balaban J connectivity index is 0.951. The molecule has 6 rings (SSSR count). The molecule has 16 heteroatoms. The van der Waals surface area contributed by atoms with Gasteiger partial charge in [0, 0.05) is 86.9 Å². The molecule has 0 bridgehead atoms. The largest absolute Gasteiger partial charge is 0.387 e. The molecule has 3 aliphatic rings. The molecule has 2 aliphatic heterocycles. The van der Waals surface area contributed by atoms with Crippen molar-refractivity contribution in [3.05, 3.63) is 107 Å². The molecule has 16 nitrogen and oxygen atoms in total. The van der Waals surface area contributed by atoms with Crippen LogP contribution in [0.5, 0.6) is 0 Å². The predicted molar refractivity (Wildman–Crippen MR) is 257 cm³/mol. The molecule has 2 unspecified atom stereocenters. The number of pyridine rings is 1. The maximum absolute atomic E-state index is 13.6. The number of unbranched alkanes of at least 4 members (excludes halogenated alkanes) is 2. The van der Waals surface area contributed by atoms with E-state index in [9.17, 15) is 33.9 Å². The molecule has 1 aromatic heterocycles. The van der Waals surface area contributed by atoms with E-state index in [2.05, 4.69) is 31.2 Å². The second-order valence-corrected chi connectivity index (χ2v) is 17.7. The molecule has 2 atom stereocenters. The van der Waals surface area contributed by atoms with E-state index in [0.29, 0.717) is 72.7 Å². The number of aliphatic hydroxyl groups excluding tert-OH is 1. The number of carbonyl (C=O) groups excluding carboxylic acids is 6. The number of nitrogens with one attached hydrogen (secondary N) is 4. The van der Waals surface area contributed by atoms with Crippen LogP contribution in [0.15, 0.2) is 89.7 Å². The number of aromatic nitrogens is 1. The Labute approximate surface area is 392 Å². The molecule has 0 saturated heterocycles. The highest BCUT2D eigenvalue weighted by molar-refractivity contribution is 6.08. The zero-order valence-corrected chi connectivity index (χ0v) is 38.7. The highest BCUT2D eigenvalue weighted by Crippen LogP contribution is 2.31. The Hall–Kier alpha value is -6.68. The van der Waals surface area contributed by atoms with Crippen LogP contribution >= 0.6 is 0 Å². The standard InChI is InChI=1S/C51H65N9O7/c1-3-23-59(24-4-2)51(67)40-27-38-18-19-39(28-42(38)57-44(52)29-40)49(65)56-41-25-36(30-53-32-41)31-55-50(66)43(26-34-11-7-5-8-12-34)58-45(61)13-9-6-10-22-54-48(64)37-16-14-35(15-17-37)33-60-46(62)20-21-47(60)63/h5,7-8,11-12,18-21,25,27-28,30,32,35,37,43,46,62H,3-4,6,9-10,13-17,22-24,26,29,31,33H2,1-2H3,(H2,52,57)(H,54,64)(H,55,66)(H,56,65)(H,58,61). The molecular weight excluding hydrogens is 851 g/mol. The van der Waals surface area contributed by atoms with Crippen molar-refractivity contribution < 1.29 is 33.9 Å². The summed E-state index contributed by atoms with van der Waals surface area (Å²) in [4.78, 5) is 90.5. The first-order chi connectivity index (χ1) is 32.4. The van der Waals surface area contributed by atoms with E-state index in [-0.39, 0.29) is 73.0 Å². The lowest BCUT2D eigenvalue weighted by atomic mass is 9.81. The summed E-state index contributed by atoms with van der Waals surface area (Å²) in [7, 11) is 0. The molecule has 1 fully saturated rings. The SMILES string of the molecule is CCCN(CCC)C(=O)C1=Cc2ccc(C(=O)Nc3cncc(CNC(=O)C(Cc4ccccc4)NC(=O)CCCCCNC(=O)C4CCC(CN5C(=O)C=CC5O)CC4)c3)cc2N=C(N)C1. The second-order valence-electron chi connectivity index (χ2n) is 17.7. The molecule has 67 heavy (non-hydrogen) atoms. The van der Waals surface area contributed by atoms with Crippen molar-refractivity contribution in [1.29, 1.82) is 0 Å². The monoisotopic (exact) mass is 916 g/mol. The van der Waals surface area contributed by atoms with Crippen LogP contribution in [0, 0.1) is 11.8 Å². The van der Waals surface area contributed by atoms with E-state index in [1.54, 1.807) is 36.5 Å². The first-order valence-electron chi connectivity index (χ1n) is 23.7. The van der Waals surface area contributed by atoms with Crippen molar-refractivity contribution in [2.24, 2.45) is 22.6 Å². The number of aliphatic imine (C=N–C) groups is 1. The number of aliphatic hydroxyl groups is 1. The van der Waals surface area contributed by atoms with Gasteiger partial charge in [-0.15, -0.1) is 0 Å². The average Bonchev–Trinajstić information content (AvgIpc) is 3.53. The minimum Gasteiger partial charge on any atom is -0.387 e. The highest BCUT2D eigenvalue weighted by Gasteiger charge is 2.31. The summed E-state index contributed by atoms with van der Waals surface area (Å²) < 4.78 is 0. The molecule has 1 aliphatic carbocycles. The third-order valence-corrected chi connectivity index (χ3v) is 12.3. The van der Waals surface area contributed by atoms with Gasteiger partial charge in [-0.05, 0) is 98.8 Å². The first kappa shape index (κ1) is 49.7. The lowest BCUT2D eigenvalue weighted by Gasteiger charge is -2.31. The maximum Gasteiger partial charge on any atom is 0.255 e. The van der Waals surface area contributed by atoms with Crippen molar-refractivity contribution in [2.75, 3.05) is 31.5 Å². The number of nitrogens with two attached hydrogens (primary N) is 1. The Morgan fingerprint density at radius 2 is 1.67 bits per heavy atom. The fraction of sp³-hybridized carbons (Fsp3) is 0.451. The van der Waals surface area contributed by atoms with Crippen molar-refractivity contribution >= 4 is 58.7 Å². The van der Waals surface area contributed by atoms with Crippen molar-refractivity contribution in [3.63, 3.8) is 0 Å². The minimum atomic E-state index is -0.864. The zero-order chi connectivity index (χ0) is 47.7. The van der Waals surface area contributed by atoms with Gasteiger partial charge in [0.05, 0.1) is 17.6 Å². The number of anilines is 1. The average molecular weight is 916 g/mol. The van der Waals surface area contributed by atoms with E-state index < -0.39 is 18.2 Å². The quantitative estimate of drug-likeness (QED) is 0.0718. The first-order valence-corrected chi connectivity index (χ1v) is 23.7. The third kappa shape index (κ3) is 14.7. The highest BCUT2D eigenvalue weighted by atomic mass is 16.3. The van der Waals surface area contributed by atoms with E-state index in [0.717, 1.165) is 50.5 Å². The normalized spacial score (nSPS) is 18.2. The van der Waals surface area contributed by atoms with Gasteiger partial charge in [-0.3, -0.25) is 33.8 Å². The fourth-order valence-electron chi connectivity index (χ4n) is 8.75. The second kappa shape index (κ2) is 24.7. The Morgan fingerprint density at radius 3 is 2.39 bits per heavy atom. The van der Waals surface area contributed by atoms with Gasteiger partial charge in [-0.25, -0.2) is 4.99 Å². The van der Waals surface area contributed by atoms with E-state index in [1.165, 1.54) is 23.2 Å². The van der Waals surface area contributed by atoms with Crippen LogP contribution in [-0.4, -0.2) is 99.6 Å². The van der Waals surface area contributed by atoms with Gasteiger partial charge in [0.15, 0.2) is 0 Å². The molecule has 3 heterocycles. The molecule has 0 radical (unpaired) electrons. The topological polar surface area (TPSA) is 229 Å². The smallest absolute Gasteiger partial charge is 0.255 e. The number of fused-ring (bicyclic) bond motifs is 1. The summed E-state index contributed by atoms with van der Waals surface area (Å²) in [5.74, 6) is -0.746. The number of rotatable bonds is 22. The lowest BCUT2D eigenvalue weighted by Crippen LogP contribution is -2.47. The van der Waals surface area contributed by atoms with Gasteiger partial charge in [-0.1, -0.05) is 56.7 Å². The lowest BCUT2D eigenvalue weighted by molar-refractivity contribution is -0.133. The Morgan fingerprint density at radius 1 is 0.910 bits per heavy atom. The molecule has 1 saturated carbocycles. The van der Waals surface area contributed by atoms with Crippen molar-refractivity contribution in [3.8, 4) is 0 Å². The molecule has 7 N–H and O–H groups in total. The molecule has 356 valence electrons. The van der Waals surface area contributed by atoms with Gasteiger partial charge in [-0.2, -0.15) is 0 Å². The van der Waals surface area contributed by atoms with Crippen molar-refractivity contribution in [2.45, 2.75) is 110 Å². The predicted octanol–water partition coefficient (Wildman–Crippen LogP) is 5.30. The number of amides is 6. The molecule has 2 aromatic carbocycles. The summed E-state index contributed by atoms with van der Waals surface area (Å²) in [6.07, 6.45) is 14.5. The van der Waals surface area contributed by atoms with Crippen LogP contribution in [0.2, 0.25) is 0 Å². The van der Waals surface area contributed by atoms with Crippen LogP contribution in [0.1, 0.15) is 112 Å². The van der Waals surface area contributed by atoms with Crippen molar-refractivity contribution in [1.82, 2.24) is 30.7 Å². The van der Waals surface area contributed by atoms with Gasteiger partial charge in [0.2, 0.25) is 29.5 Å². The summed E-state index contributed by atoms with van der Waals surface area (Å²) in [6, 6.07) is 15.4. The van der Waals surface area contributed by atoms with E-state index in [4.69, 9.17) is 5.73 Å². The number of hydrogen-bond donors (Lipinski definition) is 6. The summed E-state index contributed by atoms with van der Waals surface area (Å²) in [5.41, 5.74) is 10.3. The zero-order valence-electron chi connectivity index (χ0n) is 38.7. The molecule has 0 spiro atoms. The van der Waals surface area contributed by atoms with Gasteiger partial charge in [0.25, 0.3) is 5.91 Å². The summed E-state index contributed by atoms with van der Waals surface area (Å²) in [6.45, 7) is 6.48. The van der Waals surface area contributed by atoms with Crippen LogP contribution < -0.4 is 27.0 Å². The Bertz CT molecular complexity index is 2320. The number of hydrogen-bond acceptors (Lipinski definition) is 10. The van der Waals surface area contributed by atoms with Crippen LogP contribution in [0.25, 0.3) is 6.08 Å². The number of nitrogens with zero attached hydrogens (tertiary/aromatic N) is 4. The van der Waals surface area contributed by atoms with Gasteiger partial charge in [0.1, 0.15) is 18.1 Å². The Kier molecular flexibility index (Phi) is 18.4. The van der Waals surface area contributed by atoms with E-state index >= 15 is 0 Å². The number of amidine groups is 1. The summed E-state index contributed by atoms with van der Waals surface area (Å²) >= 11 is 0. The molecular formula is C51H65N9O7. The molecule has 6 amide bonds. The molecule has 3 aromatic rings. The van der Waals surface area contributed by atoms with E-state index in [1.807, 2.05) is 49.1 Å². The fourth-order valence-corrected chi connectivity index (χ4v) is 8.75. The maximum atomic E-state index is 13.6. The number of benzene rings is 2. The van der Waals surface area contributed by atoms with Crippen LogP contribution in [0.3, 0.4) is 0 Å². The number of carbonyl (C=O) groups is 6.